The molecule has 2 aliphatic heterocycles. The fourth-order valence-corrected chi connectivity index (χ4v) is 10.1. The zero-order valence-corrected chi connectivity index (χ0v) is 33.5. The molecule has 1 aromatic carbocycles. The van der Waals surface area contributed by atoms with Crippen molar-refractivity contribution in [3.05, 3.63) is 42.6 Å². The molecule has 11 nitrogen and oxygen atoms in total. The normalized spacial score (nSPS) is 30.1. The van der Waals surface area contributed by atoms with Crippen molar-refractivity contribution in [2.24, 2.45) is 34.5 Å². The second-order valence-electron chi connectivity index (χ2n) is 17.5. The first-order valence-electron chi connectivity index (χ1n) is 19.7. The zero-order valence-electron chi connectivity index (χ0n) is 32.6. The van der Waals surface area contributed by atoms with Gasteiger partial charge in [0.25, 0.3) is 0 Å². The topological polar surface area (TPSA) is 149 Å². The number of amides is 2. The van der Waals surface area contributed by atoms with E-state index >= 15 is 4.79 Å². The fraction of sp³-hybridized carbons (Fsp3) is 0.643. The van der Waals surface area contributed by atoms with E-state index in [4.69, 9.17) is 9.47 Å². The van der Waals surface area contributed by atoms with Crippen LogP contribution in [0.25, 0.3) is 10.8 Å². The Labute approximate surface area is 320 Å². The van der Waals surface area contributed by atoms with E-state index in [1.807, 2.05) is 57.2 Å². The first-order chi connectivity index (χ1) is 25.5. The van der Waals surface area contributed by atoms with Gasteiger partial charge in [-0.15, -0.1) is 0 Å². The van der Waals surface area contributed by atoms with Crippen LogP contribution in [-0.2, 0) is 29.2 Å². The van der Waals surface area contributed by atoms with Gasteiger partial charge in [0.15, 0.2) is 5.78 Å². The highest BCUT2D eigenvalue weighted by Gasteiger charge is 2.61. The van der Waals surface area contributed by atoms with Gasteiger partial charge in [0.2, 0.25) is 27.7 Å². The van der Waals surface area contributed by atoms with E-state index < -0.39 is 44.7 Å². The lowest BCUT2D eigenvalue weighted by molar-refractivity contribution is -0.145. The average Bonchev–Trinajstić information content (AvgIpc) is 4.04. The number of nitrogens with one attached hydrogen (secondary N) is 1. The summed E-state index contributed by atoms with van der Waals surface area (Å²) in [5.74, 6) is -0.921. The minimum atomic E-state index is -3.84. The second kappa shape index (κ2) is 15.7. The van der Waals surface area contributed by atoms with Crippen LogP contribution in [0.5, 0.6) is 11.6 Å². The molecular weight excluding hydrogens is 707 g/mol. The van der Waals surface area contributed by atoms with Crippen LogP contribution < -0.4 is 14.2 Å². The highest BCUT2D eigenvalue weighted by Crippen LogP contribution is 2.57. The summed E-state index contributed by atoms with van der Waals surface area (Å²) < 4.78 is 40.3. The van der Waals surface area contributed by atoms with E-state index in [1.165, 1.54) is 0 Å². The van der Waals surface area contributed by atoms with E-state index in [2.05, 4.69) is 23.6 Å². The summed E-state index contributed by atoms with van der Waals surface area (Å²) in [5, 5.41) is 0.951. The number of aromatic nitrogens is 1. The molecule has 1 aromatic heterocycles. The fourth-order valence-electron chi connectivity index (χ4n) is 8.73. The Bertz CT molecular complexity index is 1900. The molecule has 0 bridgehead atoms. The van der Waals surface area contributed by atoms with Gasteiger partial charge in [-0.3, -0.25) is 23.9 Å². The molecule has 2 amide bonds. The molecular formula is C42H57N3O8S. The number of carbonyl (C=O) groups excluding carboxylic acids is 4. The van der Waals surface area contributed by atoms with Gasteiger partial charge in [0.1, 0.15) is 17.6 Å². The van der Waals surface area contributed by atoms with Crippen molar-refractivity contribution in [2.75, 3.05) is 13.7 Å². The number of benzene rings is 1. The minimum Gasteiger partial charge on any atom is -0.496 e. The maximum Gasteiger partial charge on any atom is 0.240 e. The van der Waals surface area contributed by atoms with Crippen LogP contribution in [0, 0.1) is 34.5 Å². The summed E-state index contributed by atoms with van der Waals surface area (Å²) in [4.78, 5) is 63.3. The first kappa shape index (κ1) is 39.9. The molecule has 0 spiro atoms. The lowest BCUT2D eigenvalue weighted by atomic mass is 9.77. The standard InChI is InChI=1S/C42H57N3O8S/c1-7-27-19-26(2)11-8-9-12-28-22-42(28,40(49)44-54(50,51)31-15-16-31)24-36(47)35-21-30(25-45(35)39(48)34(27)20-29(46)23-41(3,4)5)53-38-33-13-10-14-37(52-6)32(33)17-18-43-38/h9-10,12-14,17-18,26-28,30-31,34-35H,7-8,11,15-16,19-25H2,1-6H3,(H,44,49)/b12-9-/t26-,27+,28+,30+,34-,35-,42+/m0/s1. The lowest BCUT2D eigenvalue weighted by Crippen LogP contribution is -2.47. The quantitative estimate of drug-likeness (QED) is 0.265. The predicted molar refractivity (Wildman–Crippen MR) is 206 cm³/mol. The van der Waals surface area contributed by atoms with Gasteiger partial charge in [-0.05, 0) is 79.9 Å². The molecule has 2 aromatic rings. The van der Waals surface area contributed by atoms with Crippen molar-refractivity contribution in [2.45, 2.75) is 123 Å². The van der Waals surface area contributed by atoms with Crippen molar-refractivity contribution in [3.8, 4) is 11.6 Å². The number of sulfonamides is 1. The van der Waals surface area contributed by atoms with Gasteiger partial charge >= 0.3 is 0 Å². The Morgan fingerprint density at radius 2 is 1.83 bits per heavy atom. The molecule has 294 valence electrons. The maximum absolute atomic E-state index is 15.0. The molecule has 0 unspecified atom stereocenters. The van der Waals surface area contributed by atoms with Gasteiger partial charge in [-0.2, -0.15) is 0 Å². The van der Waals surface area contributed by atoms with Crippen molar-refractivity contribution in [3.63, 3.8) is 0 Å². The Morgan fingerprint density at radius 1 is 1.07 bits per heavy atom. The SMILES string of the molecule is CC[C@@H]1C[C@@H](C)CC/C=C\[C@@H]2C[C@@]2(C(=O)NS(=O)(=O)C2CC2)CC(=O)[C@@H]2C[C@@H](Oc3nccc4c(OC)cccc34)CN2C(=O)[C@H]1CC(=O)CC(C)(C)C. The van der Waals surface area contributed by atoms with Crippen LogP contribution >= 0.6 is 0 Å². The van der Waals surface area contributed by atoms with Crippen LogP contribution in [0.1, 0.15) is 105 Å². The van der Waals surface area contributed by atoms with Gasteiger partial charge in [-0.25, -0.2) is 13.4 Å². The number of ketones is 2. The number of nitrogens with zero attached hydrogens (tertiary/aromatic N) is 2. The van der Waals surface area contributed by atoms with Crippen LogP contribution in [0.15, 0.2) is 42.6 Å². The summed E-state index contributed by atoms with van der Waals surface area (Å²) in [6, 6.07) is 6.49. The summed E-state index contributed by atoms with van der Waals surface area (Å²) in [6.07, 6.45) is 9.85. The second-order valence-corrected chi connectivity index (χ2v) is 19.5. The Morgan fingerprint density at radius 3 is 2.52 bits per heavy atom. The van der Waals surface area contributed by atoms with Gasteiger partial charge in [-0.1, -0.05) is 59.3 Å². The number of allylic oxidation sites excluding steroid dienone is 2. The van der Waals surface area contributed by atoms with E-state index in [9.17, 15) is 22.8 Å². The number of carbonyl (C=O) groups is 4. The molecule has 12 heteroatoms. The smallest absolute Gasteiger partial charge is 0.240 e. The van der Waals surface area contributed by atoms with Gasteiger partial charge < -0.3 is 14.4 Å². The summed E-state index contributed by atoms with van der Waals surface area (Å²) in [5.41, 5.74) is -1.47. The maximum atomic E-state index is 15.0. The number of fused-ring (bicyclic) bond motifs is 3. The van der Waals surface area contributed by atoms with Crippen LogP contribution in [0.3, 0.4) is 0 Å². The third-order valence-electron chi connectivity index (χ3n) is 11.9. The number of pyridine rings is 1. The molecule has 3 fully saturated rings. The van der Waals surface area contributed by atoms with Crippen LogP contribution in [0.4, 0.5) is 0 Å². The van der Waals surface area contributed by atoms with E-state index in [1.54, 1.807) is 18.2 Å². The number of rotatable bonds is 10. The number of ether oxygens (including phenoxy) is 2. The highest BCUT2D eigenvalue weighted by atomic mass is 32.2. The molecule has 6 rings (SSSR count). The average molecular weight is 764 g/mol. The minimum absolute atomic E-state index is 0.0184. The van der Waals surface area contributed by atoms with Crippen molar-refractivity contribution >= 4 is 44.2 Å². The molecule has 1 saturated heterocycles. The summed E-state index contributed by atoms with van der Waals surface area (Å²) in [7, 11) is -2.24. The molecule has 4 aliphatic rings. The molecule has 2 saturated carbocycles. The third-order valence-corrected chi connectivity index (χ3v) is 13.7. The van der Waals surface area contributed by atoms with Crippen molar-refractivity contribution in [1.29, 1.82) is 0 Å². The number of Topliss-reactive ketones (excluding diaryl/α,β-unsaturated/α-hetero) is 2. The van der Waals surface area contributed by atoms with Gasteiger partial charge in [0, 0.05) is 48.6 Å². The zero-order chi connectivity index (χ0) is 39.0. The van der Waals surface area contributed by atoms with Crippen LogP contribution in [0.2, 0.25) is 0 Å². The number of hydrogen-bond acceptors (Lipinski definition) is 9. The third kappa shape index (κ3) is 8.84. The summed E-state index contributed by atoms with van der Waals surface area (Å²) >= 11 is 0. The van der Waals surface area contributed by atoms with Crippen molar-refractivity contribution < 1.29 is 37.1 Å². The van der Waals surface area contributed by atoms with Crippen molar-refractivity contribution in [1.82, 2.24) is 14.6 Å². The Hall–Kier alpha value is -3.80. The van der Waals surface area contributed by atoms with E-state index in [0.717, 1.165) is 30.0 Å². The lowest BCUT2D eigenvalue weighted by Gasteiger charge is -2.33. The summed E-state index contributed by atoms with van der Waals surface area (Å²) in [6.45, 7) is 10.4. The largest absolute Gasteiger partial charge is 0.496 e. The molecule has 2 aliphatic carbocycles. The van der Waals surface area contributed by atoms with E-state index in [-0.39, 0.29) is 66.4 Å². The Balaban J connectivity index is 1.36. The highest BCUT2D eigenvalue weighted by molar-refractivity contribution is 7.90. The monoisotopic (exact) mass is 763 g/mol. The molecule has 54 heavy (non-hydrogen) atoms. The molecule has 1 N–H and O–H groups in total. The van der Waals surface area contributed by atoms with Gasteiger partial charge in [0.05, 0.1) is 30.4 Å². The molecule has 0 radical (unpaired) electrons. The van der Waals surface area contributed by atoms with E-state index in [0.29, 0.717) is 43.7 Å². The Kier molecular flexibility index (Phi) is 11.6. The molecule has 7 atom stereocenters. The van der Waals surface area contributed by atoms with Crippen LogP contribution in [-0.4, -0.2) is 72.7 Å². The number of methoxy groups -OCH3 is 1. The number of hydrogen-bond donors (Lipinski definition) is 1. The predicted octanol–water partition coefficient (Wildman–Crippen LogP) is 6.58. The molecule has 3 heterocycles. The first-order valence-corrected chi connectivity index (χ1v) is 21.3.